The number of nitrogens with zero attached hydrogens (tertiary/aromatic N) is 3. The van der Waals surface area contributed by atoms with Crippen LogP contribution in [-0.2, 0) is 14.3 Å². The Bertz CT molecular complexity index is 415. The van der Waals surface area contributed by atoms with Crippen molar-refractivity contribution >= 4 is 11.9 Å². The molecule has 1 amide bonds. The second-order valence-electron chi connectivity index (χ2n) is 6.75. The van der Waals surface area contributed by atoms with Crippen LogP contribution in [0.5, 0.6) is 0 Å². The molecule has 124 valence electrons. The predicted molar refractivity (Wildman–Crippen MR) is 82.4 cm³/mol. The summed E-state index contributed by atoms with van der Waals surface area (Å²) in [4.78, 5) is 30.5. The van der Waals surface area contributed by atoms with Crippen molar-refractivity contribution in [2.45, 2.75) is 44.8 Å². The van der Waals surface area contributed by atoms with Gasteiger partial charge < -0.3 is 9.64 Å². The van der Waals surface area contributed by atoms with Crippen molar-refractivity contribution in [3.8, 4) is 0 Å². The fraction of sp³-hybridized carbons (Fsp3) is 0.875. The Morgan fingerprint density at radius 1 is 1.09 bits per heavy atom. The number of cyclic esters (lactones) is 1. The predicted octanol–water partition coefficient (Wildman–Crippen LogP) is 0.321. The number of ether oxygens (including phenoxy) is 1. The lowest BCUT2D eigenvalue weighted by molar-refractivity contribution is -0.145. The third-order valence-corrected chi connectivity index (χ3v) is 5.06. The van der Waals surface area contributed by atoms with Crippen molar-refractivity contribution in [2.75, 3.05) is 45.8 Å². The molecule has 0 radical (unpaired) electrons. The SMILES string of the molecule is CC1CC(N2CCN(CC(=O)N3CCCCC3)CC2)C(=O)O1. The first-order chi connectivity index (χ1) is 10.6. The van der Waals surface area contributed by atoms with Gasteiger partial charge in [0.1, 0.15) is 12.1 Å². The van der Waals surface area contributed by atoms with Crippen molar-refractivity contribution in [3.05, 3.63) is 0 Å². The third kappa shape index (κ3) is 3.60. The smallest absolute Gasteiger partial charge is 0.323 e. The van der Waals surface area contributed by atoms with Crippen LogP contribution in [0.15, 0.2) is 0 Å². The van der Waals surface area contributed by atoms with E-state index >= 15 is 0 Å². The van der Waals surface area contributed by atoms with Gasteiger partial charge in [-0.15, -0.1) is 0 Å². The molecule has 0 aromatic rings. The summed E-state index contributed by atoms with van der Waals surface area (Å²) in [6, 6.07) is -0.0741. The molecule has 6 nitrogen and oxygen atoms in total. The van der Waals surface area contributed by atoms with E-state index in [0.717, 1.165) is 58.5 Å². The first kappa shape index (κ1) is 15.7. The average Bonchev–Trinajstić information content (AvgIpc) is 2.87. The lowest BCUT2D eigenvalue weighted by Gasteiger charge is -2.37. The van der Waals surface area contributed by atoms with Crippen molar-refractivity contribution in [1.82, 2.24) is 14.7 Å². The fourth-order valence-electron chi connectivity index (χ4n) is 3.70. The van der Waals surface area contributed by atoms with Crippen LogP contribution >= 0.6 is 0 Å². The van der Waals surface area contributed by atoms with E-state index in [1.54, 1.807) is 0 Å². The topological polar surface area (TPSA) is 53.1 Å². The molecule has 0 aromatic carbocycles. The van der Waals surface area contributed by atoms with Crippen LogP contribution in [0.2, 0.25) is 0 Å². The molecule has 2 atom stereocenters. The summed E-state index contributed by atoms with van der Waals surface area (Å²) in [7, 11) is 0. The van der Waals surface area contributed by atoms with Crippen molar-refractivity contribution in [2.24, 2.45) is 0 Å². The van der Waals surface area contributed by atoms with E-state index in [0.29, 0.717) is 6.54 Å². The van der Waals surface area contributed by atoms with Crippen LogP contribution in [0.4, 0.5) is 0 Å². The molecule has 0 saturated carbocycles. The van der Waals surface area contributed by atoms with Crippen molar-refractivity contribution in [1.29, 1.82) is 0 Å². The van der Waals surface area contributed by atoms with Gasteiger partial charge in [-0.25, -0.2) is 0 Å². The number of esters is 1. The standard InChI is InChI=1S/C16H27N3O3/c1-13-11-14(16(21)22-13)18-9-7-17(8-10-18)12-15(20)19-5-3-2-4-6-19/h13-14H,2-12H2,1H3. The monoisotopic (exact) mass is 309 g/mol. The summed E-state index contributed by atoms with van der Waals surface area (Å²) in [5.41, 5.74) is 0. The number of piperazine rings is 1. The summed E-state index contributed by atoms with van der Waals surface area (Å²) in [6.45, 7) is 7.73. The van der Waals surface area contributed by atoms with E-state index in [9.17, 15) is 9.59 Å². The van der Waals surface area contributed by atoms with Gasteiger partial charge in [0.05, 0.1) is 6.54 Å². The number of carbonyl (C=O) groups excluding carboxylic acids is 2. The second kappa shape index (κ2) is 6.96. The van der Waals surface area contributed by atoms with Crippen molar-refractivity contribution in [3.63, 3.8) is 0 Å². The summed E-state index contributed by atoms with van der Waals surface area (Å²) in [6.07, 6.45) is 4.36. The Morgan fingerprint density at radius 3 is 2.36 bits per heavy atom. The largest absolute Gasteiger partial charge is 0.461 e. The highest BCUT2D eigenvalue weighted by atomic mass is 16.6. The Kier molecular flexibility index (Phi) is 4.98. The van der Waals surface area contributed by atoms with E-state index in [1.165, 1.54) is 6.42 Å². The summed E-state index contributed by atoms with van der Waals surface area (Å²) >= 11 is 0. The number of likely N-dealkylation sites (tertiary alicyclic amines) is 1. The van der Waals surface area contributed by atoms with Gasteiger partial charge >= 0.3 is 5.97 Å². The Labute approximate surface area is 132 Å². The third-order valence-electron chi connectivity index (χ3n) is 5.06. The Balaban J connectivity index is 1.43. The minimum Gasteiger partial charge on any atom is -0.461 e. The van der Waals surface area contributed by atoms with E-state index in [2.05, 4.69) is 9.80 Å². The molecule has 3 aliphatic heterocycles. The zero-order chi connectivity index (χ0) is 15.5. The zero-order valence-electron chi connectivity index (χ0n) is 13.5. The minimum absolute atomic E-state index is 0.0382. The van der Waals surface area contributed by atoms with E-state index < -0.39 is 0 Å². The van der Waals surface area contributed by atoms with Gasteiger partial charge in [0.25, 0.3) is 0 Å². The molecule has 0 N–H and O–H groups in total. The lowest BCUT2D eigenvalue weighted by Crippen LogP contribution is -2.54. The number of rotatable bonds is 3. The number of carbonyl (C=O) groups is 2. The molecule has 0 aliphatic carbocycles. The molecule has 0 bridgehead atoms. The first-order valence-corrected chi connectivity index (χ1v) is 8.58. The average molecular weight is 309 g/mol. The van der Waals surface area contributed by atoms with Gasteiger partial charge in [-0.05, 0) is 26.2 Å². The van der Waals surface area contributed by atoms with Crippen LogP contribution in [0.25, 0.3) is 0 Å². The van der Waals surface area contributed by atoms with Gasteiger partial charge in [-0.1, -0.05) is 0 Å². The first-order valence-electron chi connectivity index (χ1n) is 8.58. The molecule has 3 aliphatic rings. The quantitative estimate of drug-likeness (QED) is 0.703. The van der Waals surface area contributed by atoms with Crippen LogP contribution in [0.3, 0.4) is 0 Å². The Hall–Kier alpha value is -1.14. The molecule has 6 heteroatoms. The van der Waals surface area contributed by atoms with Gasteiger partial charge in [0.2, 0.25) is 5.91 Å². The number of hydrogen-bond acceptors (Lipinski definition) is 5. The van der Waals surface area contributed by atoms with Crippen LogP contribution in [-0.4, -0.2) is 84.5 Å². The highest BCUT2D eigenvalue weighted by Gasteiger charge is 2.37. The minimum atomic E-state index is -0.0784. The van der Waals surface area contributed by atoms with E-state index in [1.807, 2.05) is 11.8 Å². The maximum atomic E-state index is 12.3. The van der Waals surface area contributed by atoms with Gasteiger partial charge in [0, 0.05) is 45.7 Å². The summed E-state index contributed by atoms with van der Waals surface area (Å²) in [5.74, 6) is 0.187. The number of amides is 1. The highest BCUT2D eigenvalue weighted by Crippen LogP contribution is 2.21. The number of piperidine rings is 1. The molecule has 0 spiro atoms. The second-order valence-corrected chi connectivity index (χ2v) is 6.75. The zero-order valence-corrected chi connectivity index (χ0v) is 13.5. The molecular weight excluding hydrogens is 282 g/mol. The fourth-order valence-corrected chi connectivity index (χ4v) is 3.70. The maximum absolute atomic E-state index is 12.3. The lowest BCUT2D eigenvalue weighted by atomic mass is 10.1. The maximum Gasteiger partial charge on any atom is 0.323 e. The van der Waals surface area contributed by atoms with Crippen LogP contribution in [0, 0.1) is 0 Å². The normalized spacial score (nSPS) is 31.3. The van der Waals surface area contributed by atoms with Gasteiger partial charge in [0.15, 0.2) is 0 Å². The number of hydrogen-bond donors (Lipinski definition) is 0. The molecule has 3 fully saturated rings. The molecule has 22 heavy (non-hydrogen) atoms. The van der Waals surface area contributed by atoms with Crippen molar-refractivity contribution < 1.29 is 14.3 Å². The molecule has 3 saturated heterocycles. The summed E-state index contributed by atoms with van der Waals surface area (Å²) in [5, 5.41) is 0. The van der Waals surface area contributed by atoms with Crippen LogP contribution < -0.4 is 0 Å². The molecule has 3 heterocycles. The van der Waals surface area contributed by atoms with Gasteiger partial charge in [-0.3, -0.25) is 19.4 Å². The summed E-state index contributed by atoms with van der Waals surface area (Å²) < 4.78 is 5.24. The van der Waals surface area contributed by atoms with E-state index in [4.69, 9.17) is 4.74 Å². The van der Waals surface area contributed by atoms with E-state index in [-0.39, 0.29) is 24.0 Å². The molecular formula is C16H27N3O3. The highest BCUT2D eigenvalue weighted by molar-refractivity contribution is 5.78. The molecule has 3 rings (SSSR count). The molecule has 0 aromatic heterocycles. The Morgan fingerprint density at radius 2 is 1.77 bits per heavy atom. The van der Waals surface area contributed by atoms with Gasteiger partial charge in [-0.2, -0.15) is 0 Å². The molecule has 2 unspecified atom stereocenters. The van der Waals surface area contributed by atoms with Crippen LogP contribution in [0.1, 0.15) is 32.6 Å².